The van der Waals surface area contributed by atoms with Crippen molar-refractivity contribution in [3.63, 3.8) is 0 Å². The van der Waals surface area contributed by atoms with Crippen molar-refractivity contribution in [1.29, 1.82) is 0 Å². The lowest BCUT2D eigenvalue weighted by Gasteiger charge is -2.11. The first-order valence-corrected chi connectivity index (χ1v) is 6.74. The maximum Gasteiger partial charge on any atom is 0.331 e. The van der Waals surface area contributed by atoms with Gasteiger partial charge in [-0.25, -0.2) is 9.18 Å². The zero-order valence-corrected chi connectivity index (χ0v) is 11.9. The molecule has 0 bridgehead atoms. The number of aryl methyl sites for hydroxylation is 2. The van der Waals surface area contributed by atoms with E-state index < -0.39 is 11.2 Å². The third-order valence-corrected chi connectivity index (χ3v) is 3.53. The van der Waals surface area contributed by atoms with Gasteiger partial charge < -0.3 is 5.11 Å². The van der Waals surface area contributed by atoms with Crippen molar-refractivity contribution in [2.75, 3.05) is 0 Å². The van der Waals surface area contributed by atoms with Crippen LogP contribution in [0.3, 0.4) is 0 Å². The number of aromatic amines is 1. The smallest absolute Gasteiger partial charge is 0.331 e. The molecule has 0 aliphatic carbocycles. The van der Waals surface area contributed by atoms with Gasteiger partial charge in [0.2, 0.25) is 5.88 Å². The van der Waals surface area contributed by atoms with Crippen LogP contribution >= 0.6 is 0 Å². The first-order chi connectivity index (χ1) is 9.93. The van der Waals surface area contributed by atoms with Gasteiger partial charge >= 0.3 is 5.69 Å². The van der Waals surface area contributed by atoms with Crippen LogP contribution in [0.25, 0.3) is 0 Å². The molecule has 2 rings (SSSR count). The summed E-state index contributed by atoms with van der Waals surface area (Å²) in [6, 6.07) is 4.43. The highest BCUT2D eigenvalue weighted by Crippen LogP contribution is 2.14. The first-order valence-electron chi connectivity index (χ1n) is 6.74. The Morgan fingerprint density at radius 1 is 1.33 bits per heavy atom. The minimum atomic E-state index is -0.644. The zero-order chi connectivity index (χ0) is 15.6. The van der Waals surface area contributed by atoms with E-state index in [0.29, 0.717) is 12.8 Å². The lowest BCUT2D eigenvalue weighted by molar-refractivity contribution is 0.393. The number of hydrogen-bond acceptors (Lipinski definition) is 3. The Bertz CT molecular complexity index is 777. The number of H-pyrrole nitrogens is 1. The predicted molar refractivity (Wildman–Crippen MR) is 77.2 cm³/mol. The molecular formula is C15H17FN2O3. The highest BCUT2D eigenvalue weighted by Gasteiger charge is 2.12. The second kappa shape index (κ2) is 5.95. The fraction of sp³-hybridized carbons (Fsp3) is 0.333. The summed E-state index contributed by atoms with van der Waals surface area (Å²) in [6.45, 7) is 3.72. The van der Waals surface area contributed by atoms with E-state index in [-0.39, 0.29) is 23.8 Å². The van der Waals surface area contributed by atoms with Gasteiger partial charge in [0.1, 0.15) is 5.82 Å². The average Bonchev–Trinajstić information content (AvgIpc) is 2.40. The number of aromatic hydroxyl groups is 1. The van der Waals surface area contributed by atoms with Crippen molar-refractivity contribution in [1.82, 2.24) is 9.55 Å². The molecule has 2 aromatic rings. The van der Waals surface area contributed by atoms with Crippen LogP contribution in [0.4, 0.5) is 4.39 Å². The third kappa shape index (κ3) is 3.04. The molecule has 0 saturated heterocycles. The Hall–Kier alpha value is -2.37. The molecule has 112 valence electrons. The van der Waals surface area contributed by atoms with Gasteiger partial charge in [-0.15, -0.1) is 0 Å². The second-order valence-corrected chi connectivity index (χ2v) is 4.89. The van der Waals surface area contributed by atoms with Crippen molar-refractivity contribution >= 4 is 0 Å². The Labute approximate surface area is 120 Å². The van der Waals surface area contributed by atoms with Gasteiger partial charge in [0, 0.05) is 6.54 Å². The highest BCUT2D eigenvalue weighted by molar-refractivity contribution is 5.27. The van der Waals surface area contributed by atoms with E-state index in [2.05, 4.69) is 4.98 Å². The van der Waals surface area contributed by atoms with E-state index in [1.807, 2.05) is 0 Å². The van der Waals surface area contributed by atoms with Gasteiger partial charge in [-0.3, -0.25) is 14.3 Å². The molecule has 0 spiro atoms. The molecule has 0 unspecified atom stereocenters. The first kappa shape index (κ1) is 15.0. The summed E-state index contributed by atoms with van der Waals surface area (Å²) < 4.78 is 14.2. The summed E-state index contributed by atoms with van der Waals surface area (Å²) >= 11 is 0. The van der Waals surface area contributed by atoms with E-state index in [0.717, 1.165) is 15.7 Å². The van der Waals surface area contributed by atoms with E-state index in [4.69, 9.17) is 0 Å². The molecule has 0 amide bonds. The molecule has 1 aromatic carbocycles. The predicted octanol–water partition coefficient (Wildman–Crippen LogP) is 1.49. The summed E-state index contributed by atoms with van der Waals surface area (Å²) in [5.41, 5.74) is 0.642. The summed E-state index contributed by atoms with van der Waals surface area (Å²) in [4.78, 5) is 25.5. The molecule has 0 fully saturated rings. The SMILES string of the molecule is CCc1c(O)n(CCc2ccc(F)cc2C)c(=O)[nH]c1=O. The van der Waals surface area contributed by atoms with Crippen LogP contribution < -0.4 is 11.2 Å². The molecule has 1 heterocycles. The van der Waals surface area contributed by atoms with Crippen LogP contribution in [0.5, 0.6) is 5.88 Å². The van der Waals surface area contributed by atoms with Crippen LogP contribution in [-0.2, 0) is 19.4 Å². The Morgan fingerprint density at radius 2 is 2.05 bits per heavy atom. The van der Waals surface area contributed by atoms with Gasteiger partial charge in [-0.05, 0) is 43.0 Å². The van der Waals surface area contributed by atoms with E-state index in [9.17, 15) is 19.1 Å². The van der Waals surface area contributed by atoms with Crippen molar-refractivity contribution in [3.05, 3.63) is 61.5 Å². The normalized spacial score (nSPS) is 10.8. The molecular weight excluding hydrogens is 275 g/mol. The van der Waals surface area contributed by atoms with Crippen LogP contribution in [-0.4, -0.2) is 14.7 Å². The maximum atomic E-state index is 13.0. The molecule has 0 saturated carbocycles. The van der Waals surface area contributed by atoms with Crippen molar-refractivity contribution in [3.8, 4) is 5.88 Å². The van der Waals surface area contributed by atoms with E-state index in [1.165, 1.54) is 12.1 Å². The summed E-state index contributed by atoms with van der Waals surface area (Å²) in [7, 11) is 0. The fourth-order valence-corrected chi connectivity index (χ4v) is 2.30. The lowest BCUT2D eigenvalue weighted by Crippen LogP contribution is -2.32. The quantitative estimate of drug-likeness (QED) is 0.896. The number of benzene rings is 1. The Kier molecular flexibility index (Phi) is 4.26. The minimum absolute atomic E-state index is 0.186. The minimum Gasteiger partial charge on any atom is -0.494 e. The van der Waals surface area contributed by atoms with Gasteiger partial charge in [0.05, 0.1) is 5.56 Å². The molecule has 2 N–H and O–H groups in total. The van der Waals surface area contributed by atoms with Crippen molar-refractivity contribution in [2.24, 2.45) is 0 Å². The molecule has 0 radical (unpaired) electrons. The number of nitrogens with one attached hydrogen (secondary N) is 1. The fourth-order valence-electron chi connectivity index (χ4n) is 2.30. The van der Waals surface area contributed by atoms with Gasteiger partial charge in [-0.2, -0.15) is 0 Å². The van der Waals surface area contributed by atoms with E-state index in [1.54, 1.807) is 19.9 Å². The van der Waals surface area contributed by atoms with Crippen LogP contribution in [0.1, 0.15) is 23.6 Å². The molecule has 6 heteroatoms. The van der Waals surface area contributed by atoms with Crippen molar-refractivity contribution < 1.29 is 9.50 Å². The molecule has 1 aromatic heterocycles. The van der Waals surface area contributed by atoms with Crippen molar-refractivity contribution in [2.45, 2.75) is 33.2 Å². The largest absolute Gasteiger partial charge is 0.494 e. The van der Waals surface area contributed by atoms with Gasteiger partial charge in [0.25, 0.3) is 5.56 Å². The molecule has 0 aliphatic heterocycles. The summed E-state index contributed by atoms with van der Waals surface area (Å²) in [5, 5.41) is 10.0. The number of halogens is 1. The molecule has 21 heavy (non-hydrogen) atoms. The number of aromatic nitrogens is 2. The number of hydrogen-bond donors (Lipinski definition) is 2. The van der Waals surface area contributed by atoms with Gasteiger partial charge in [-0.1, -0.05) is 13.0 Å². The van der Waals surface area contributed by atoms with Crippen LogP contribution in [0.2, 0.25) is 0 Å². The zero-order valence-electron chi connectivity index (χ0n) is 11.9. The van der Waals surface area contributed by atoms with Crippen LogP contribution in [0, 0.1) is 12.7 Å². The van der Waals surface area contributed by atoms with Crippen LogP contribution in [0.15, 0.2) is 27.8 Å². The standard InChI is InChI=1S/C15H17FN2O3/c1-3-12-13(19)17-15(21)18(14(12)20)7-6-10-4-5-11(16)8-9(10)2/h4-5,8,20H,3,6-7H2,1-2H3,(H,17,19,21). The molecule has 0 atom stereocenters. The lowest BCUT2D eigenvalue weighted by atomic mass is 10.1. The second-order valence-electron chi connectivity index (χ2n) is 4.89. The Balaban J connectivity index is 2.32. The monoisotopic (exact) mass is 292 g/mol. The highest BCUT2D eigenvalue weighted by atomic mass is 19.1. The number of rotatable bonds is 4. The number of nitrogens with zero attached hydrogens (tertiary/aromatic N) is 1. The third-order valence-electron chi connectivity index (χ3n) is 3.53. The van der Waals surface area contributed by atoms with E-state index >= 15 is 0 Å². The van der Waals surface area contributed by atoms with Gasteiger partial charge in [0.15, 0.2) is 0 Å². The molecule has 5 nitrogen and oxygen atoms in total. The summed E-state index contributed by atoms with van der Waals surface area (Å²) in [5.74, 6) is -0.611. The maximum absolute atomic E-state index is 13.0. The average molecular weight is 292 g/mol. The molecule has 0 aliphatic rings. The topological polar surface area (TPSA) is 75.1 Å². The summed E-state index contributed by atoms with van der Waals surface area (Å²) in [6.07, 6.45) is 0.784. The Morgan fingerprint density at radius 3 is 2.67 bits per heavy atom.